The van der Waals surface area contributed by atoms with Crippen molar-refractivity contribution >= 4 is 15.5 Å². The fourth-order valence-electron chi connectivity index (χ4n) is 2.07. The Balaban J connectivity index is 1.89. The van der Waals surface area contributed by atoms with Crippen LogP contribution in [-0.4, -0.2) is 25.7 Å². The van der Waals surface area contributed by atoms with Crippen molar-refractivity contribution in [3.05, 3.63) is 54.2 Å². The number of hydrogen-bond donors (Lipinski definition) is 1. The average molecular weight is 304 g/mol. The predicted molar refractivity (Wildman–Crippen MR) is 85.2 cm³/mol. The lowest BCUT2D eigenvalue weighted by molar-refractivity contribution is 0.598. The second-order valence-corrected chi connectivity index (χ2v) is 7.19. The number of hydrogen-bond acceptors (Lipinski definition) is 4. The van der Waals surface area contributed by atoms with E-state index in [2.05, 4.69) is 29.4 Å². The standard InChI is InChI=1S/C16H20N2O2S/c1-13(8-9-14-6-4-3-5-7-14)18-15-10-11-16(17-12-15)21(2,19)20/h3-7,10-13,18H,8-9H2,1-2H3. The van der Waals surface area contributed by atoms with E-state index in [1.54, 1.807) is 12.3 Å². The summed E-state index contributed by atoms with van der Waals surface area (Å²) in [6.07, 6.45) is 4.72. The van der Waals surface area contributed by atoms with Crippen LogP contribution in [0.5, 0.6) is 0 Å². The summed E-state index contributed by atoms with van der Waals surface area (Å²) in [6.45, 7) is 2.10. The van der Waals surface area contributed by atoms with Gasteiger partial charge in [-0.3, -0.25) is 0 Å². The predicted octanol–water partition coefficient (Wildman–Crippen LogP) is 2.92. The summed E-state index contributed by atoms with van der Waals surface area (Å²) >= 11 is 0. The molecule has 1 N–H and O–H groups in total. The van der Waals surface area contributed by atoms with E-state index in [0.717, 1.165) is 24.8 Å². The summed E-state index contributed by atoms with van der Waals surface area (Å²) in [6, 6.07) is 13.9. The van der Waals surface area contributed by atoms with Crippen molar-refractivity contribution in [1.29, 1.82) is 0 Å². The monoisotopic (exact) mass is 304 g/mol. The van der Waals surface area contributed by atoms with Gasteiger partial charge in [-0.1, -0.05) is 30.3 Å². The van der Waals surface area contributed by atoms with Crippen LogP contribution in [0, 0.1) is 0 Å². The number of nitrogens with zero attached hydrogens (tertiary/aromatic N) is 1. The molecule has 2 rings (SSSR count). The molecule has 0 aliphatic carbocycles. The van der Waals surface area contributed by atoms with E-state index in [1.165, 1.54) is 11.6 Å². The van der Waals surface area contributed by atoms with Crippen molar-refractivity contribution in [2.45, 2.75) is 30.8 Å². The van der Waals surface area contributed by atoms with Gasteiger partial charge in [0.05, 0.1) is 11.9 Å². The lowest BCUT2D eigenvalue weighted by Gasteiger charge is -2.15. The second-order valence-electron chi connectivity index (χ2n) is 5.23. The highest BCUT2D eigenvalue weighted by molar-refractivity contribution is 7.90. The number of rotatable bonds is 6. The molecule has 1 aromatic heterocycles. The third-order valence-corrected chi connectivity index (χ3v) is 4.24. The summed E-state index contributed by atoms with van der Waals surface area (Å²) in [5, 5.41) is 3.44. The van der Waals surface area contributed by atoms with Gasteiger partial charge in [0, 0.05) is 12.3 Å². The minimum Gasteiger partial charge on any atom is -0.381 e. The molecule has 0 saturated carbocycles. The quantitative estimate of drug-likeness (QED) is 0.891. The zero-order valence-corrected chi connectivity index (χ0v) is 13.1. The van der Waals surface area contributed by atoms with Crippen LogP contribution in [-0.2, 0) is 16.3 Å². The van der Waals surface area contributed by atoms with Gasteiger partial charge in [0.2, 0.25) is 0 Å². The van der Waals surface area contributed by atoms with Gasteiger partial charge in [-0.05, 0) is 37.5 Å². The molecule has 0 spiro atoms. The van der Waals surface area contributed by atoms with Gasteiger partial charge in [0.15, 0.2) is 14.9 Å². The van der Waals surface area contributed by atoms with E-state index >= 15 is 0 Å². The summed E-state index contributed by atoms with van der Waals surface area (Å²) in [7, 11) is -3.23. The zero-order chi connectivity index (χ0) is 15.3. The normalized spacial score (nSPS) is 12.9. The molecule has 1 heterocycles. The van der Waals surface area contributed by atoms with Gasteiger partial charge in [-0.15, -0.1) is 0 Å². The van der Waals surface area contributed by atoms with E-state index < -0.39 is 9.84 Å². The van der Waals surface area contributed by atoms with Crippen molar-refractivity contribution in [3.8, 4) is 0 Å². The van der Waals surface area contributed by atoms with E-state index in [-0.39, 0.29) is 11.1 Å². The van der Waals surface area contributed by atoms with Gasteiger partial charge in [0.1, 0.15) is 0 Å². The number of sulfone groups is 1. The number of pyridine rings is 1. The summed E-state index contributed by atoms with van der Waals surface area (Å²) in [4.78, 5) is 3.97. The first-order valence-corrected chi connectivity index (χ1v) is 8.81. The van der Waals surface area contributed by atoms with Crippen LogP contribution in [0.3, 0.4) is 0 Å². The molecule has 0 radical (unpaired) electrons. The van der Waals surface area contributed by atoms with Gasteiger partial charge >= 0.3 is 0 Å². The Hall–Kier alpha value is -1.88. The zero-order valence-electron chi connectivity index (χ0n) is 12.3. The molecule has 112 valence electrons. The van der Waals surface area contributed by atoms with Crippen molar-refractivity contribution < 1.29 is 8.42 Å². The first-order chi connectivity index (χ1) is 9.95. The maximum Gasteiger partial charge on any atom is 0.192 e. The molecule has 0 aliphatic rings. The average Bonchev–Trinajstić information content (AvgIpc) is 2.46. The maximum absolute atomic E-state index is 11.3. The Morgan fingerprint density at radius 2 is 1.86 bits per heavy atom. The van der Waals surface area contributed by atoms with Crippen LogP contribution in [0.1, 0.15) is 18.9 Å². The van der Waals surface area contributed by atoms with Crippen LogP contribution >= 0.6 is 0 Å². The number of nitrogens with one attached hydrogen (secondary N) is 1. The highest BCUT2D eigenvalue weighted by Gasteiger charge is 2.09. The summed E-state index contributed by atoms with van der Waals surface area (Å²) < 4.78 is 22.7. The van der Waals surface area contributed by atoms with E-state index in [9.17, 15) is 8.42 Å². The number of benzene rings is 1. The molecule has 0 saturated heterocycles. The molecule has 5 heteroatoms. The molecular formula is C16H20N2O2S. The third kappa shape index (κ3) is 4.86. The lowest BCUT2D eigenvalue weighted by Crippen LogP contribution is -2.16. The Bertz CT molecular complexity index is 667. The second kappa shape index (κ2) is 6.72. The van der Waals surface area contributed by atoms with Gasteiger partial charge in [0.25, 0.3) is 0 Å². The highest BCUT2D eigenvalue weighted by atomic mass is 32.2. The Labute approximate surface area is 126 Å². The molecule has 0 bridgehead atoms. The van der Waals surface area contributed by atoms with Gasteiger partial charge in [-0.2, -0.15) is 0 Å². The molecule has 1 aromatic carbocycles. The molecule has 1 atom stereocenters. The molecule has 4 nitrogen and oxygen atoms in total. The number of aryl methyl sites for hydroxylation is 1. The molecular weight excluding hydrogens is 284 g/mol. The van der Waals surface area contributed by atoms with Crippen molar-refractivity contribution in [1.82, 2.24) is 4.98 Å². The lowest BCUT2D eigenvalue weighted by atomic mass is 10.1. The van der Waals surface area contributed by atoms with Crippen molar-refractivity contribution in [2.24, 2.45) is 0 Å². The number of aromatic nitrogens is 1. The molecule has 0 fully saturated rings. The van der Waals surface area contributed by atoms with Crippen LogP contribution in [0.4, 0.5) is 5.69 Å². The smallest absolute Gasteiger partial charge is 0.192 e. The number of anilines is 1. The molecule has 21 heavy (non-hydrogen) atoms. The maximum atomic E-state index is 11.3. The topological polar surface area (TPSA) is 59.1 Å². The first kappa shape index (κ1) is 15.5. The van der Waals surface area contributed by atoms with E-state index in [4.69, 9.17) is 0 Å². The summed E-state index contributed by atoms with van der Waals surface area (Å²) in [5.41, 5.74) is 2.15. The van der Waals surface area contributed by atoms with Crippen LogP contribution < -0.4 is 5.32 Å². The SMILES string of the molecule is CC(CCc1ccccc1)Nc1ccc(S(C)(=O)=O)nc1. The van der Waals surface area contributed by atoms with Crippen LogP contribution in [0.25, 0.3) is 0 Å². The van der Waals surface area contributed by atoms with Crippen LogP contribution in [0.15, 0.2) is 53.7 Å². The van der Waals surface area contributed by atoms with E-state index in [0.29, 0.717) is 0 Å². The molecule has 1 unspecified atom stereocenters. The summed E-state index contributed by atoms with van der Waals surface area (Å²) in [5.74, 6) is 0. The Morgan fingerprint density at radius 3 is 2.43 bits per heavy atom. The third-order valence-electron chi connectivity index (χ3n) is 3.24. The molecule has 2 aromatic rings. The first-order valence-electron chi connectivity index (χ1n) is 6.92. The van der Waals surface area contributed by atoms with Gasteiger partial charge in [-0.25, -0.2) is 13.4 Å². The van der Waals surface area contributed by atoms with Crippen molar-refractivity contribution in [3.63, 3.8) is 0 Å². The molecule has 0 aliphatic heterocycles. The minimum absolute atomic E-state index is 0.102. The van der Waals surface area contributed by atoms with Crippen molar-refractivity contribution in [2.75, 3.05) is 11.6 Å². The Morgan fingerprint density at radius 1 is 1.14 bits per heavy atom. The van der Waals surface area contributed by atoms with Crippen LogP contribution in [0.2, 0.25) is 0 Å². The fourth-order valence-corrected chi connectivity index (χ4v) is 2.63. The van der Waals surface area contributed by atoms with E-state index in [1.807, 2.05) is 18.2 Å². The highest BCUT2D eigenvalue weighted by Crippen LogP contribution is 2.13. The Kier molecular flexibility index (Phi) is 4.96. The molecule has 0 amide bonds. The fraction of sp³-hybridized carbons (Fsp3) is 0.312. The van der Waals surface area contributed by atoms with Gasteiger partial charge < -0.3 is 5.32 Å². The minimum atomic E-state index is -3.23. The largest absolute Gasteiger partial charge is 0.381 e.